The van der Waals surface area contributed by atoms with Gasteiger partial charge in [-0.25, -0.2) is 4.39 Å². The van der Waals surface area contributed by atoms with E-state index < -0.39 is 0 Å². The maximum absolute atomic E-state index is 13.3. The van der Waals surface area contributed by atoms with Crippen LogP contribution in [0.5, 0.6) is 0 Å². The number of carbonyl (C=O) groups excluding carboxylic acids is 1. The fourth-order valence-corrected chi connectivity index (χ4v) is 1.77. The van der Waals surface area contributed by atoms with Gasteiger partial charge in [0.2, 0.25) is 0 Å². The predicted octanol–water partition coefficient (Wildman–Crippen LogP) is 3.98. The molecule has 0 N–H and O–H groups in total. The number of benzene rings is 1. The van der Waals surface area contributed by atoms with E-state index in [1.807, 2.05) is 0 Å². The molecule has 1 aromatic heterocycles. The highest BCUT2D eigenvalue weighted by atomic mass is 79.9. The summed E-state index contributed by atoms with van der Waals surface area (Å²) in [6.07, 6.45) is 0.263. The van der Waals surface area contributed by atoms with Gasteiger partial charge in [-0.15, -0.1) is 0 Å². The summed E-state index contributed by atoms with van der Waals surface area (Å²) < 4.78 is 19.2. The van der Waals surface area contributed by atoms with Crippen molar-refractivity contribution in [2.75, 3.05) is 0 Å². The first-order valence-corrected chi connectivity index (χ1v) is 5.89. The van der Waals surface area contributed by atoms with Crippen molar-refractivity contribution < 1.29 is 13.6 Å². The smallest absolute Gasteiger partial charge is 0.138 e. The number of furan rings is 1. The molecule has 0 aliphatic carbocycles. The lowest BCUT2D eigenvalue weighted by Gasteiger charge is -1.99. The van der Waals surface area contributed by atoms with Gasteiger partial charge in [0, 0.05) is 5.56 Å². The standard InChI is InChI=1S/C13H10BrFO2/c1-8(16)6-10-3-5-13(17-10)9-2-4-11(14)12(15)7-9/h2-5,7H,6H2,1H3. The van der Waals surface area contributed by atoms with Crippen LogP contribution in [0.15, 0.2) is 39.2 Å². The molecule has 0 saturated heterocycles. The molecule has 0 amide bonds. The van der Waals surface area contributed by atoms with Crippen molar-refractivity contribution in [3.05, 3.63) is 46.4 Å². The van der Waals surface area contributed by atoms with Crippen LogP contribution in [-0.4, -0.2) is 5.78 Å². The van der Waals surface area contributed by atoms with E-state index in [4.69, 9.17) is 4.42 Å². The summed E-state index contributed by atoms with van der Waals surface area (Å²) in [6.45, 7) is 1.50. The summed E-state index contributed by atoms with van der Waals surface area (Å²) in [4.78, 5) is 10.9. The molecule has 0 atom stereocenters. The van der Waals surface area contributed by atoms with Crippen molar-refractivity contribution in [2.24, 2.45) is 0 Å². The Morgan fingerprint density at radius 3 is 2.76 bits per heavy atom. The molecule has 0 unspecified atom stereocenters. The normalized spacial score (nSPS) is 10.5. The van der Waals surface area contributed by atoms with Crippen LogP contribution in [0.3, 0.4) is 0 Å². The van der Waals surface area contributed by atoms with Gasteiger partial charge >= 0.3 is 0 Å². The minimum absolute atomic E-state index is 0.0351. The molecule has 0 fully saturated rings. The summed E-state index contributed by atoms with van der Waals surface area (Å²) in [5.41, 5.74) is 0.653. The molecular weight excluding hydrogens is 287 g/mol. The number of hydrogen-bond acceptors (Lipinski definition) is 2. The molecule has 0 radical (unpaired) electrons. The lowest BCUT2D eigenvalue weighted by Crippen LogP contribution is -1.93. The van der Waals surface area contributed by atoms with E-state index >= 15 is 0 Å². The molecule has 17 heavy (non-hydrogen) atoms. The van der Waals surface area contributed by atoms with Gasteiger partial charge in [-0.05, 0) is 53.2 Å². The van der Waals surface area contributed by atoms with Crippen LogP contribution < -0.4 is 0 Å². The monoisotopic (exact) mass is 296 g/mol. The lowest BCUT2D eigenvalue weighted by atomic mass is 10.2. The van der Waals surface area contributed by atoms with E-state index in [2.05, 4.69) is 15.9 Å². The molecule has 2 nitrogen and oxygen atoms in total. The molecule has 0 spiro atoms. The highest BCUT2D eigenvalue weighted by molar-refractivity contribution is 9.10. The molecule has 0 aliphatic rings. The summed E-state index contributed by atoms with van der Waals surface area (Å²) >= 11 is 3.09. The lowest BCUT2D eigenvalue weighted by molar-refractivity contribution is -0.116. The number of hydrogen-bond donors (Lipinski definition) is 0. The van der Waals surface area contributed by atoms with E-state index in [0.717, 1.165) is 0 Å². The van der Waals surface area contributed by atoms with Crippen LogP contribution in [-0.2, 0) is 11.2 Å². The third-order valence-electron chi connectivity index (χ3n) is 2.29. The maximum Gasteiger partial charge on any atom is 0.138 e. The third-order valence-corrected chi connectivity index (χ3v) is 2.93. The zero-order valence-corrected chi connectivity index (χ0v) is 10.8. The van der Waals surface area contributed by atoms with Crippen molar-refractivity contribution >= 4 is 21.7 Å². The van der Waals surface area contributed by atoms with Gasteiger partial charge in [0.05, 0.1) is 10.9 Å². The van der Waals surface area contributed by atoms with Gasteiger partial charge in [0.25, 0.3) is 0 Å². The maximum atomic E-state index is 13.3. The Hall–Kier alpha value is -1.42. The first-order chi connectivity index (χ1) is 8.06. The van der Waals surface area contributed by atoms with E-state index in [-0.39, 0.29) is 18.0 Å². The fourth-order valence-electron chi connectivity index (χ4n) is 1.52. The Bertz CT molecular complexity index is 560. The van der Waals surface area contributed by atoms with Gasteiger partial charge in [-0.2, -0.15) is 0 Å². The number of ketones is 1. The van der Waals surface area contributed by atoms with Crippen molar-refractivity contribution in [1.29, 1.82) is 0 Å². The summed E-state index contributed by atoms with van der Waals surface area (Å²) in [5, 5.41) is 0. The van der Waals surface area contributed by atoms with Gasteiger partial charge in [0.15, 0.2) is 0 Å². The van der Waals surface area contributed by atoms with Crippen molar-refractivity contribution in [3.8, 4) is 11.3 Å². The molecule has 1 aromatic carbocycles. The summed E-state index contributed by atoms with van der Waals surface area (Å²) in [5.74, 6) is 0.850. The molecule has 1 heterocycles. The minimum Gasteiger partial charge on any atom is -0.461 e. The molecule has 0 aliphatic heterocycles. The van der Waals surface area contributed by atoms with Crippen LogP contribution in [0.4, 0.5) is 4.39 Å². The first-order valence-electron chi connectivity index (χ1n) is 5.10. The SMILES string of the molecule is CC(=O)Cc1ccc(-c2ccc(Br)c(F)c2)o1. The average molecular weight is 297 g/mol. The van der Waals surface area contributed by atoms with Crippen LogP contribution in [0, 0.1) is 5.82 Å². The zero-order chi connectivity index (χ0) is 12.4. The molecule has 4 heteroatoms. The predicted molar refractivity (Wildman–Crippen MR) is 66.2 cm³/mol. The molecule has 0 bridgehead atoms. The van der Waals surface area contributed by atoms with Crippen LogP contribution in [0.2, 0.25) is 0 Å². The number of carbonyl (C=O) groups is 1. The fraction of sp³-hybridized carbons (Fsp3) is 0.154. The highest BCUT2D eigenvalue weighted by Gasteiger charge is 2.08. The largest absolute Gasteiger partial charge is 0.461 e. The third kappa shape index (κ3) is 2.82. The Labute approximate surface area is 107 Å². The van der Waals surface area contributed by atoms with Crippen molar-refractivity contribution in [3.63, 3.8) is 0 Å². The second kappa shape index (κ2) is 4.84. The van der Waals surface area contributed by atoms with Gasteiger partial charge in [0.1, 0.15) is 23.1 Å². The quantitative estimate of drug-likeness (QED) is 0.857. The second-order valence-corrected chi connectivity index (χ2v) is 4.63. The molecule has 88 valence electrons. The highest BCUT2D eigenvalue weighted by Crippen LogP contribution is 2.26. The van der Waals surface area contributed by atoms with Crippen molar-refractivity contribution in [1.82, 2.24) is 0 Å². The molecule has 2 aromatic rings. The summed E-state index contributed by atoms with van der Waals surface area (Å²) in [6, 6.07) is 8.24. The first kappa shape index (κ1) is 12.0. The number of rotatable bonds is 3. The van der Waals surface area contributed by atoms with Crippen LogP contribution >= 0.6 is 15.9 Å². The van der Waals surface area contributed by atoms with E-state index in [0.29, 0.717) is 21.6 Å². The molecular formula is C13H10BrFO2. The number of halogens is 2. The van der Waals surface area contributed by atoms with E-state index in [9.17, 15) is 9.18 Å². The molecule has 0 saturated carbocycles. The van der Waals surface area contributed by atoms with Crippen molar-refractivity contribution in [2.45, 2.75) is 13.3 Å². The Morgan fingerprint density at radius 1 is 1.35 bits per heavy atom. The van der Waals surface area contributed by atoms with E-state index in [1.54, 1.807) is 24.3 Å². The Morgan fingerprint density at radius 2 is 2.12 bits per heavy atom. The Balaban J connectivity index is 2.30. The Kier molecular flexibility index (Phi) is 3.43. The van der Waals surface area contributed by atoms with Gasteiger partial charge in [-0.3, -0.25) is 4.79 Å². The minimum atomic E-state index is -0.341. The van der Waals surface area contributed by atoms with Gasteiger partial charge in [-0.1, -0.05) is 0 Å². The van der Waals surface area contributed by atoms with Gasteiger partial charge < -0.3 is 4.42 Å². The zero-order valence-electron chi connectivity index (χ0n) is 9.17. The number of Topliss-reactive ketones (excluding diaryl/α,β-unsaturated/α-hetero) is 1. The average Bonchev–Trinajstić information content (AvgIpc) is 2.69. The second-order valence-electron chi connectivity index (χ2n) is 3.77. The van der Waals surface area contributed by atoms with Crippen LogP contribution in [0.1, 0.15) is 12.7 Å². The summed E-state index contributed by atoms with van der Waals surface area (Å²) in [7, 11) is 0. The van der Waals surface area contributed by atoms with E-state index in [1.165, 1.54) is 13.0 Å². The van der Waals surface area contributed by atoms with Crippen LogP contribution in [0.25, 0.3) is 11.3 Å². The topological polar surface area (TPSA) is 30.2 Å². The molecule has 2 rings (SSSR count).